The zero-order valence-electron chi connectivity index (χ0n) is 9.02. The van der Waals surface area contributed by atoms with Gasteiger partial charge in [0.15, 0.2) is 0 Å². The number of rotatable bonds is 3. The van der Waals surface area contributed by atoms with Gasteiger partial charge in [-0.15, -0.1) is 0 Å². The summed E-state index contributed by atoms with van der Waals surface area (Å²) >= 11 is 0. The predicted octanol–water partition coefficient (Wildman–Crippen LogP) is 1.33. The Kier molecular flexibility index (Phi) is 3.28. The molecular weight excluding hydrogens is 180 g/mol. The second kappa shape index (κ2) is 4.26. The molecule has 0 fully saturated rings. The average Bonchev–Trinajstić information content (AvgIpc) is 2.52. The Morgan fingerprint density at radius 3 is 2.57 bits per heavy atom. The Hall–Kier alpha value is -1.32. The Bertz CT molecular complexity index is 318. The van der Waals surface area contributed by atoms with Gasteiger partial charge in [0.25, 0.3) is 0 Å². The van der Waals surface area contributed by atoms with Crippen molar-refractivity contribution in [1.82, 2.24) is 9.78 Å². The molecule has 1 unspecified atom stereocenters. The number of aryl methyl sites for hydroxylation is 1. The Morgan fingerprint density at radius 1 is 1.57 bits per heavy atom. The van der Waals surface area contributed by atoms with E-state index < -0.39 is 0 Å². The van der Waals surface area contributed by atoms with Crippen LogP contribution in [0.1, 0.15) is 25.5 Å². The first kappa shape index (κ1) is 10.8. The summed E-state index contributed by atoms with van der Waals surface area (Å²) in [5.41, 5.74) is 0.895. The van der Waals surface area contributed by atoms with Crippen LogP contribution in [0.3, 0.4) is 0 Å². The lowest BCUT2D eigenvalue weighted by Crippen LogP contribution is -2.22. The van der Waals surface area contributed by atoms with Gasteiger partial charge in [-0.2, -0.15) is 5.10 Å². The van der Waals surface area contributed by atoms with Gasteiger partial charge in [-0.05, 0) is 12.0 Å². The third-order valence-corrected chi connectivity index (χ3v) is 2.30. The second-order valence-corrected chi connectivity index (χ2v) is 3.62. The molecule has 0 amide bonds. The molecule has 0 bridgehead atoms. The number of ether oxygens (including phenoxy) is 1. The maximum atomic E-state index is 11.5. The summed E-state index contributed by atoms with van der Waals surface area (Å²) in [6.45, 7) is 3.99. The molecule has 1 aromatic heterocycles. The van der Waals surface area contributed by atoms with Crippen molar-refractivity contribution in [3.8, 4) is 0 Å². The molecule has 0 N–H and O–H groups in total. The normalized spacial score (nSPS) is 12.9. The zero-order chi connectivity index (χ0) is 10.7. The van der Waals surface area contributed by atoms with Crippen molar-refractivity contribution in [3.63, 3.8) is 0 Å². The monoisotopic (exact) mass is 196 g/mol. The molecule has 0 spiro atoms. The van der Waals surface area contributed by atoms with Gasteiger partial charge in [0.1, 0.15) is 5.92 Å². The average molecular weight is 196 g/mol. The first-order valence-electron chi connectivity index (χ1n) is 4.63. The van der Waals surface area contributed by atoms with Gasteiger partial charge in [-0.3, -0.25) is 9.48 Å². The summed E-state index contributed by atoms with van der Waals surface area (Å²) in [5.74, 6) is -0.228. The largest absolute Gasteiger partial charge is 0.468 e. The van der Waals surface area contributed by atoms with E-state index in [1.165, 1.54) is 7.11 Å². The van der Waals surface area contributed by atoms with Crippen LogP contribution in [0.2, 0.25) is 0 Å². The SMILES string of the molecule is COC(=O)C(c1ccnn1C)C(C)C. The minimum Gasteiger partial charge on any atom is -0.468 e. The molecule has 1 aromatic rings. The highest BCUT2D eigenvalue weighted by Crippen LogP contribution is 2.24. The van der Waals surface area contributed by atoms with Gasteiger partial charge < -0.3 is 4.74 Å². The van der Waals surface area contributed by atoms with E-state index in [1.807, 2.05) is 27.0 Å². The molecule has 78 valence electrons. The van der Waals surface area contributed by atoms with E-state index >= 15 is 0 Å². The Balaban J connectivity index is 3.00. The molecule has 1 heterocycles. The van der Waals surface area contributed by atoms with Crippen LogP contribution in [0.25, 0.3) is 0 Å². The van der Waals surface area contributed by atoms with Crippen LogP contribution in [0.15, 0.2) is 12.3 Å². The minimum absolute atomic E-state index is 0.205. The maximum absolute atomic E-state index is 11.5. The molecule has 1 atom stereocenters. The van der Waals surface area contributed by atoms with Gasteiger partial charge in [0.2, 0.25) is 0 Å². The Labute approximate surface area is 83.9 Å². The van der Waals surface area contributed by atoms with Crippen LogP contribution in [-0.4, -0.2) is 22.9 Å². The van der Waals surface area contributed by atoms with Crippen molar-refractivity contribution in [2.24, 2.45) is 13.0 Å². The molecule has 0 radical (unpaired) electrons. The van der Waals surface area contributed by atoms with Crippen LogP contribution in [-0.2, 0) is 16.6 Å². The summed E-state index contributed by atoms with van der Waals surface area (Å²) in [6.07, 6.45) is 1.69. The van der Waals surface area contributed by atoms with E-state index in [9.17, 15) is 4.79 Å². The van der Waals surface area contributed by atoms with Crippen molar-refractivity contribution in [2.75, 3.05) is 7.11 Å². The number of aromatic nitrogens is 2. The van der Waals surface area contributed by atoms with E-state index in [-0.39, 0.29) is 17.8 Å². The number of carbonyl (C=O) groups is 1. The van der Waals surface area contributed by atoms with Gasteiger partial charge in [-0.1, -0.05) is 13.8 Å². The highest BCUT2D eigenvalue weighted by Gasteiger charge is 2.27. The summed E-state index contributed by atoms with van der Waals surface area (Å²) in [7, 11) is 3.24. The predicted molar refractivity (Wildman–Crippen MR) is 52.8 cm³/mol. The van der Waals surface area contributed by atoms with Crippen LogP contribution in [0, 0.1) is 5.92 Å². The third kappa shape index (κ3) is 1.95. The second-order valence-electron chi connectivity index (χ2n) is 3.62. The number of methoxy groups -OCH3 is 1. The van der Waals surface area contributed by atoms with Crippen LogP contribution in [0.5, 0.6) is 0 Å². The number of nitrogens with zero attached hydrogens (tertiary/aromatic N) is 2. The van der Waals surface area contributed by atoms with Crippen molar-refractivity contribution in [2.45, 2.75) is 19.8 Å². The molecule has 4 heteroatoms. The quantitative estimate of drug-likeness (QED) is 0.685. The molecule has 14 heavy (non-hydrogen) atoms. The van der Waals surface area contributed by atoms with E-state index in [0.29, 0.717) is 0 Å². The Morgan fingerprint density at radius 2 is 2.21 bits per heavy atom. The summed E-state index contributed by atoms with van der Waals surface area (Å²) in [5, 5.41) is 4.05. The number of hydrogen-bond donors (Lipinski definition) is 0. The first-order chi connectivity index (χ1) is 6.57. The molecule has 1 rings (SSSR count). The molecule has 0 aliphatic carbocycles. The van der Waals surface area contributed by atoms with Gasteiger partial charge >= 0.3 is 5.97 Å². The molecule has 0 saturated heterocycles. The van der Waals surface area contributed by atoms with Crippen molar-refractivity contribution in [3.05, 3.63) is 18.0 Å². The van der Waals surface area contributed by atoms with E-state index in [2.05, 4.69) is 5.10 Å². The lowest BCUT2D eigenvalue weighted by Gasteiger charge is -2.18. The fourth-order valence-corrected chi connectivity index (χ4v) is 1.55. The molecule has 0 aliphatic heterocycles. The number of esters is 1. The molecule has 0 saturated carbocycles. The lowest BCUT2D eigenvalue weighted by molar-refractivity contribution is -0.143. The summed E-state index contributed by atoms with van der Waals surface area (Å²) in [6, 6.07) is 1.85. The van der Waals surface area contributed by atoms with Crippen LogP contribution >= 0.6 is 0 Å². The zero-order valence-corrected chi connectivity index (χ0v) is 9.02. The molecule has 4 nitrogen and oxygen atoms in total. The standard InChI is InChI=1S/C10H16N2O2/c1-7(2)9(10(13)14-4)8-5-6-11-12(8)3/h5-7,9H,1-4H3. The first-order valence-corrected chi connectivity index (χ1v) is 4.63. The lowest BCUT2D eigenvalue weighted by atomic mass is 9.92. The third-order valence-electron chi connectivity index (χ3n) is 2.30. The molecule has 0 aliphatic rings. The highest BCUT2D eigenvalue weighted by atomic mass is 16.5. The maximum Gasteiger partial charge on any atom is 0.314 e. The fraction of sp³-hybridized carbons (Fsp3) is 0.600. The number of carbonyl (C=O) groups excluding carboxylic acids is 1. The van der Waals surface area contributed by atoms with Gasteiger partial charge in [0.05, 0.1) is 12.8 Å². The van der Waals surface area contributed by atoms with Crippen LogP contribution in [0.4, 0.5) is 0 Å². The smallest absolute Gasteiger partial charge is 0.314 e. The van der Waals surface area contributed by atoms with E-state index in [4.69, 9.17) is 4.74 Å². The fourth-order valence-electron chi connectivity index (χ4n) is 1.55. The highest BCUT2D eigenvalue weighted by molar-refractivity contribution is 5.77. The summed E-state index contributed by atoms with van der Waals surface area (Å²) in [4.78, 5) is 11.5. The van der Waals surface area contributed by atoms with Crippen LogP contribution < -0.4 is 0 Å². The van der Waals surface area contributed by atoms with Crippen molar-refractivity contribution >= 4 is 5.97 Å². The van der Waals surface area contributed by atoms with Crippen molar-refractivity contribution in [1.29, 1.82) is 0 Å². The molecular formula is C10H16N2O2. The van der Waals surface area contributed by atoms with Gasteiger partial charge in [0, 0.05) is 13.2 Å². The van der Waals surface area contributed by atoms with Crippen molar-refractivity contribution < 1.29 is 9.53 Å². The van der Waals surface area contributed by atoms with Gasteiger partial charge in [-0.25, -0.2) is 0 Å². The molecule has 0 aromatic carbocycles. The number of hydrogen-bond acceptors (Lipinski definition) is 3. The van der Waals surface area contributed by atoms with E-state index in [1.54, 1.807) is 10.9 Å². The minimum atomic E-state index is -0.229. The topological polar surface area (TPSA) is 44.1 Å². The van der Waals surface area contributed by atoms with E-state index in [0.717, 1.165) is 5.69 Å². The summed E-state index contributed by atoms with van der Waals surface area (Å²) < 4.78 is 6.48.